The van der Waals surface area contributed by atoms with Crippen LogP contribution in [0.4, 0.5) is 16.3 Å². The second-order valence-electron chi connectivity index (χ2n) is 13.5. The minimum absolute atomic E-state index is 0.162. The summed E-state index contributed by atoms with van der Waals surface area (Å²) in [7, 11) is 0. The molecule has 2 aliphatic rings. The number of aromatic nitrogens is 2. The number of anilines is 2. The first-order chi connectivity index (χ1) is 21.1. The van der Waals surface area contributed by atoms with Crippen LogP contribution >= 0.6 is 0 Å². The number of carbonyl (C=O) groups is 2. The van der Waals surface area contributed by atoms with Gasteiger partial charge in [-0.05, 0) is 86.9 Å². The highest BCUT2D eigenvalue weighted by molar-refractivity contribution is 5.99. The van der Waals surface area contributed by atoms with Gasteiger partial charge in [-0.1, -0.05) is 50.6 Å². The summed E-state index contributed by atoms with van der Waals surface area (Å²) in [6.07, 6.45) is 8.14. The summed E-state index contributed by atoms with van der Waals surface area (Å²) >= 11 is 0. The van der Waals surface area contributed by atoms with Crippen molar-refractivity contribution in [3.05, 3.63) is 95.6 Å². The van der Waals surface area contributed by atoms with E-state index in [1.165, 1.54) is 5.56 Å². The van der Waals surface area contributed by atoms with Gasteiger partial charge in [-0.2, -0.15) is 5.10 Å². The van der Waals surface area contributed by atoms with Crippen LogP contribution in [0.15, 0.2) is 77.4 Å². The van der Waals surface area contributed by atoms with Crippen LogP contribution in [0.3, 0.4) is 0 Å². The molecule has 2 atom stereocenters. The molecule has 0 saturated carbocycles. The van der Waals surface area contributed by atoms with Gasteiger partial charge in [0, 0.05) is 42.1 Å². The topological polar surface area (TPSA) is 92.4 Å². The molecule has 2 fully saturated rings. The third-order valence-corrected chi connectivity index (χ3v) is 9.02. The van der Waals surface area contributed by atoms with E-state index >= 15 is 0 Å². The average molecular weight is 594 g/mol. The number of carbonyl (C=O) groups excluding carboxylic acids is 2. The lowest BCUT2D eigenvalue weighted by Gasteiger charge is -2.39. The van der Waals surface area contributed by atoms with Crippen LogP contribution in [0.1, 0.15) is 75.5 Å². The maximum atomic E-state index is 13.1. The van der Waals surface area contributed by atoms with Crippen molar-refractivity contribution in [2.24, 2.45) is 5.92 Å². The van der Waals surface area contributed by atoms with Crippen LogP contribution in [0.5, 0.6) is 0 Å². The van der Waals surface area contributed by atoms with Crippen molar-refractivity contribution in [3.63, 3.8) is 0 Å². The zero-order valence-corrected chi connectivity index (χ0v) is 26.2. The standard InChI is InChI=1S/C36H43N5O3/c1-24-7-13-28(14-8-24)41-33(23-32(39-41)36(2,3)4)38-35(43)37-27-11-9-25(10-12-27)20-26-21-29-15-16-30(22-26)40(29)34(42)18-17-31-6-5-19-44-31/h5-14,19,23,26,29-30H,15-18,20-22H2,1-4H3,(H2,37,38,43). The van der Waals surface area contributed by atoms with Crippen molar-refractivity contribution in [2.45, 2.75) is 90.1 Å². The number of aryl methyl sites for hydroxylation is 2. The first-order valence-corrected chi connectivity index (χ1v) is 15.8. The smallest absolute Gasteiger partial charge is 0.324 e. The van der Waals surface area contributed by atoms with E-state index in [4.69, 9.17) is 9.52 Å². The molecule has 0 aliphatic carbocycles. The lowest BCUT2D eigenvalue weighted by atomic mass is 9.85. The molecule has 2 aromatic carbocycles. The highest BCUT2D eigenvalue weighted by Crippen LogP contribution is 2.40. The predicted octanol–water partition coefficient (Wildman–Crippen LogP) is 7.66. The zero-order chi connectivity index (χ0) is 30.8. The fraction of sp³-hybridized carbons (Fsp3) is 0.417. The van der Waals surface area contributed by atoms with E-state index in [1.807, 2.05) is 61.5 Å². The molecule has 3 amide bonds. The summed E-state index contributed by atoms with van der Waals surface area (Å²) in [5.41, 5.74) is 4.78. The molecule has 2 saturated heterocycles. The van der Waals surface area contributed by atoms with Gasteiger partial charge in [0.15, 0.2) is 0 Å². The molecule has 44 heavy (non-hydrogen) atoms. The number of nitrogens with one attached hydrogen (secondary N) is 2. The number of piperidine rings is 1. The molecule has 0 spiro atoms. The van der Waals surface area contributed by atoms with Crippen LogP contribution in [0.25, 0.3) is 5.69 Å². The highest BCUT2D eigenvalue weighted by atomic mass is 16.3. The molecule has 8 heteroatoms. The normalized spacial score (nSPS) is 19.6. The summed E-state index contributed by atoms with van der Waals surface area (Å²) in [6, 6.07) is 22.4. The molecule has 0 radical (unpaired) electrons. The van der Waals surface area contributed by atoms with Gasteiger partial charge in [0.05, 0.1) is 17.6 Å². The van der Waals surface area contributed by atoms with E-state index in [0.717, 1.165) is 60.5 Å². The molecule has 2 aromatic heterocycles. The van der Waals surface area contributed by atoms with Gasteiger partial charge in [-0.25, -0.2) is 9.48 Å². The number of rotatable bonds is 8. The van der Waals surface area contributed by atoms with E-state index in [-0.39, 0.29) is 17.4 Å². The van der Waals surface area contributed by atoms with E-state index in [0.29, 0.717) is 36.7 Å². The van der Waals surface area contributed by atoms with Gasteiger partial charge in [0.1, 0.15) is 11.6 Å². The Balaban J connectivity index is 1.04. The SMILES string of the molecule is Cc1ccc(-n2nc(C(C)(C)C)cc2NC(=O)Nc2ccc(CC3CC4CCC(C3)N4C(=O)CCc3ccco3)cc2)cc1. The van der Waals surface area contributed by atoms with Crippen molar-refractivity contribution >= 4 is 23.4 Å². The lowest BCUT2D eigenvalue weighted by molar-refractivity contribution is -0.136. The first kappa shape index (κ1) is 29.7. The number of nitrogens with zero attached hydrogens (tertiary/aromatic N) is 3. The Bertz CT molecular complexity index is 1570. The average Bonchev–Trinajstić information content (AvgIpc) is 3.72. The van der Waals surface area contributed by atoms with Gasteiger partial charge in [-0.3, -0.25) is 10.1 Å². The van der Waals surface area contributed by atoms with Gasteiger partial charge in [0.2, 0.25) is 5.91 Å². The minimum atomic E-state index is -0.313. The van der Waals surface area contributed by atoms with E-state index < -0.39 is 0 Å². The number of hydrogen-bond donors (Lipinski definition) is 2. The number of benzene rings is 2. The van der Waals surface area contributed by atoms with E-state index in [2.05, 4.69) is 48.4 Å². The Kier molecular flexibility index (Phi) is 8.34. The van der Waals surface area contributed by atoms with Crippen molar-refractivity contribution in [1.29, 1.82) is 0 Å². The summed E-state index contributed by atoms with van der Waals surface area (Å²) in [5, 5.41) is 10.8. The third-order valence-electron chi connectivity index (χ3n) is 9.02. The van der Waals surface area contributed by atoms with Gasteiger partial charge >= 0.3 is 6.03 Å². The summed E-state index contributed by atoms with van der Waals surface area (Å²) in [6.45, 7) is 8.38. The van der Waals surface area contributed by atoms with E-state index in [1.54, 1.807) is 10.9 Å². The van der Waals surface area contributed by atoms with Gasteiger partial charge in [-0.15, -0.1) is 0 Å². The lowest BCUT2D eigenvalue weighted by Crippen LogP contribution is -2.47. The molecule has 6 rings (SSSR count). The van der Waals surface area contributed by atoms with Gasteiger partial charge < -0.3 is 14.6 Å². The molecule has 230 valence electrons. The van der Waals surface area contributed by atoms with Crippen LogP contribution in [0.2, 0.25) is 0 Å². The van der Waals surface area contributed by atoms with Crippen molar-refractivity contribution in [1.82, 2.24) is 14.7 Å². The van der Waals surface area contributed by atoms with Crippen LogP contribution in [0, 0.1) is 12.8 Å². The second kappa shape index (κ2) is 12.3. The summed E-state index contributed by atoms with van der Waals surface area (Å²) < 4.78 is 7.20. The Morgan fingerprint density at radius 2 is 1.66 bits per heavy atom. The number of urea groups is 1. The maximum Gasteiger partial charge on any atom is 0.324 e. The van der Waals surface area contributed by atoms with Crippen molar-refractivity contribution in [2.75, 3.05) is 10.6 Å². The first-order valence-electron chi connectivity index (χ1n) is 15.8. The Morgan fingerprint density at radius 1 is 0.955 bits per heavy atom. The second-order valence-corrected chi connectivity index (χ2v) is 13.5. The quantitative estimate of drug-likeness (QED) is 0.219. The van der Waals surface area contributed by atoms with Gasteiger partial charge in [0.25, 0.3) is 0 Å². The van der Waals surface area contributed by atoms with Crippen LogP contribution < -0.4 is 10.6 Å². The summed E-state index contributed by atoms with van der Waals surface area (Å²) in [5.74, 6) is 2.31. The van der Waals surface area contributed by atoms with Crippen LogP contribution in [-0.4, -0.2) is 38.7 Å². The molecule has 4 aromatic rings. The fourth-order valence-electron chi connectivity index (χ4n) is 6.73. The van der Waals surface area contributed by atoms with Crippen molar-refractivity contribution in [3.8, 4) is 5.69 Å². The largest absolute Gasteiger partial charge is 0.469 e. The Morgan fingerprint density at radius 3 is 2.30 bits per heavy atom. The molecular formula is C36H43N5O3. The monoisotopic (exact) mass is 593 g/mol. The number of fused-ring (bicyclic) bond motifs is 2. The molecule has 2 bridgehead atoms. The van der Waals surface area contributed by atoms with Crippen molar-refractivity contribution < 1.29 is 14.0 Å². The Labute approximate surface area is 259 Å². The number of amides is 3. The molecule has 2 aliphatic heterocycles. The summed E-state index contributed by atoms with van der Waals surface area (Å²) in [4.78, 5) is 28.3. The Hall–Kier alpha value is -4.33. The third kappa shape index (κ3) is 6.74. The van der Waals surface area contributed by atoms with E-state index in [9.17, 15) is 9.59 Å². The molecule has 2 unspecified atom stereocenters. The zero-order valence-electron chi connectivity index (χ0n) is 26.2. The molecule has 4 heterocycles. The molecule has 2 N–H and O–H groups in total. The van der Waals surface area contributed by atoms with Crippen LogP contribution in [-0.2, 0) is 23.1 Å². The number of hydrogen-bond acceptors (Lipinski definition) is 4. The molecular weight excluding hydrogens is 550 g/mol. The fourth-order valence-corrected chi connectivity index (χ4v) is 6.73. The maximum absolute atomic E-state index is 13.1. The highest BCUT2D eigenvalue weighted by Gasteiger charge is 2.42. The number of furan rings is 1. The predicted molar refractivity (Wildman–Crippen MR) is 173 cm³/mol. The minimum Gasteiger partial charge on any atom is -0.469 e. The molecule has 8 nitrogen and oxygen atoms in total.